The number of rotatable bonds is 46. The number of hydrogen-bond donors (Lipinski definition) is 1. The van der Waals surface area contributed by atoms with Gasteiger partial charge in [0.05, 0.1) is 284 Å². The summed E-state index contributed by atoms with van der Waals surface area (Å²) in [6, 6.07) is 20.3. The topological polar surface area (TPSA) is 487 Å². The highest BCUT2D eigenvalue weighted by Crippen LogP contribution is 2.56. The SMILES string of the molecule is COC1=CC(=[N+](C)CCCC(=O)O)C=C(OC)C1=C(c1c(OC)cc(N(C)CCS(=O)(=O)[O-])cc1OC)c1c(OC)cc(N(C)CCS(=O)(=O)[O-])cc1OC.COC1=CC(=[N+](C)CCS(=O)(=O)[O-])C=C(OC)C1=C(c1c(OC)cc(OC)cc1OC)c1c(OC)cc(N(C)CCS(=O)(=O)[O-])cc1OC.COC1=CC(=[O+]C)C(=C(c2c(OC)cc(OC)cc2OC)c2c(OC)cc(OC)cc2OC)C(OC)=C1.I.II. The predicted molar refractivity (Wildman–Crippen MR) is 567 cm³/mol. The second-order valence-electron chi connectivity index (χ2n) is 30.5. The van der Waals surface area contributed by atoms with E-state index in [0.29, 0.717) is 189 Å². The van der Waals surface area contributed by atoms with E-state index in [9.17, 15) is 61.8 Å². The van der Waals surface area contributed by atoms with Gasteiger partial charge in [-0.15, -0.1) is 24.0 Å². The van der Waals surface area contributed by atoms with Crippen LogP contribution in [0.1, 0.15) is 46.2 Å². The number of anilines is 3. The molecule has 0 spiro atoms. The van der Waals surface area contributed by atoms with Crippen LogP contribution < -0.4 is 85.8 Å². The Hall–Kier alpha value is -11.5. The van der Waals surface area contributed by atoms with Crippen LogP contribution in [0.3, 0.4) is 0 Å². The van der Waals surface area contributed by atoms with Gasteiger partial charge in [-0.3, -0.25) is 9.22 Å². The van der Waals surface area contributed by atoms with Gasteiger partial charge in [0.25, 0.3) is 7.11 Å². The molecule has 6 aromatic carbocycles. The predicted octanol–water partition coefficient (Wildman–Crippen LogP) is 11.5. The third-order valence-electron chi connectivity index (χ3n) is 22.4. The number of carboxylic acid groups (broad SMARTS) is 1. The zero-order valence-corrected chi connectivity index (χ0v) is 94.9. The molecule has 0 fully saturated rings. The van der Waals surface area contributed by atoms with Gasteiger partial charge in [0.1, 0.15) is 157 Å². The highest BCUT2D eigenvalue weighted by atomic mass is 128. The molecule has 0 saturated heterocycles. The van der Waals surface area contributed by atoms with Crippen molar-refractivity contribution in [1.29, 1.82) is 0 Å². The van der Waals surface area contributed by atoms with E-state index in [1.807, 2.05) is 4.58 Å². The molecule has 0 aliphatic heterocycles. The summed E-state index contributed by atoms with van der Waals surface area (Å²) in [5.74, 6) is 4.84. The van der Waals surface area contributed by atoms with Crippen molar-refractivity contribution in [3.8, 4) is 86.2 Å². The van der Waals surface area contributed by atoms with Gasteiger partial charge in [-0.25, -0.2) is 42.8 Å². The van der Waals surface area contributed by atoms with Crippen molar-refractivity contribution in [2.24, 2.45) is 0 Å². The Labute approximate surface area is 881 Å². The summed E-state index contributed by atoms with van der Waals surface area (Å²) in [5, 5.41) is 9.18. The smallest absolute Gasteiger partial charge is 0.358 e. The minimum atomic E-state index is -4.51. The lowest BCUT2D eigenvalue weighted by Crippen LogP contribution is -2.25. The largest absolute Gasteiger partial charge is 0.748 e. The van der Waals surface area contributed by atoms with Crippen LogP contribution in [0.15, 0.2) is 161 Å². The number of nitrogens with zero attached hydrogens (tertiary/aromatic N) is 5. The Morgan fingerprint density at radius 2 is 0.549 bits per heavy atom. The molecule has 1 N–H and O–H groups in total. The summed E-state index contributed by atoms with van der Waals surface area (Å²) >= 11 is 4.24. The van der Waals surface area contributed by atoms with Gasteiger partial charge in [-0.2, -0.15) is 0 Å². The fourth-order valence-corrected chi connectivity index (χ4v) is 17.1. The lowest BCUT2D eigenvalue weighted by Gasteiger charge is -2.29. The molecule has 41 nitrogen and oxygen atoms in total. The molecule has 3 aliphatic carbocycles. The lowest BCUT2D eigenvalue weighted by molar-refractivity contribution is -0.496. The standard InChI is InChI=1S/C36H49N3O14S2.C32H42N2O13S2.C28H33O9.I2.HI/c1-37(12-10-11-32(40)41)23-17-26(48-4)33(27(18-23)49-5)36(34-28(50-6)19-24(20-29(34)51-7)38(2)13-15-54(42,43)44)35-30(52-8)21-25(22-31(35)53-9)39(3)14-16-55(45,46)47;1-33(10-12-48(35,36)37)20-14-23(42-4)29(24(15-20)43-5)32(31-27(46-8)18-22(41-3)19-28(31)47-9)30-25(44-6)16-21(17-26(30)45-7)34(2)11-13-49(38,39)40;1-29-16-10-19(32-4)25(20(11-16)33-5)28(26-21(34-6)12-17(30-2)13-22(26)35-7)27-23(36-8)14-18(31-3)15-24(27)37-9;1-2;/h17-22H,10-16H2,1-9H3,(H2-,40,41,42,43,44,45,46,47);14-19H,10-13H2,1-9H3,(H-,35,36,37,38,39,40);10-15H,1-9H3;;1H/q;;+1;;/p-2. The van der Waals surface area contributed by atoms with Crippen LogP contribution >= 0.6 is 61.2 Å². The van der Waals surface area contributed by atoms with Gasteiger partial charge < -0.3 is 137 Å². The van der Waals surface area contributed by atoms with Crippen molar-refractivity contribution < 1.29 is 175 Å². The van der Waals surface area contributed by atoms with Crippen molar-refractivity contribution in [2.75, 3.05) is 262 Å². The van der Waals surface area contributed by atoms with E-state index < -0.39 is 69.5 Å². The number of ether oxygens (including phenoxy) is 21. The quantitative estimate of drug-likeness (QED) is 0.0122. The zero-order chi connectivity index (χ0) is 107. The molecule has 0 unspecified atom stereocenters. The van der Waals surface area contributed by atoms with Crippen molar-refractivity contribution >= 4 is 159 Å². The van der Waals surface area contributed by atoms with Gasteiger partial charge >= 0.3 is 11.8 Å². The lowest BCUT2D eigenvalue weighted by atomic mass is 9.86. The second-order valence-corrected chi connectivity index (χ2v) is 36.6. The van der Waals surface area contributed by atoms with Gasteiger partial charge in [-0.1, -0.05) is 0 Å². The number of benzene rings is 6. The zero-order valence-electron chi connectivity index (χ0n) is 84.9. The van der Waals surface area contributed by atoms with Crippen LogP contribution in [0.5, 0.6) is 86.2 Å². The first-order valence-electron chi connectivity index (χ1n) is 42.6. The number of carbonyl (C=O) groups excluding carboxylic acids is 1. The average molecular weight is 2430 g/mol. The first-order valence-corrected chi connectivity index (χ1v) is 55.2. The molecule has 48 heteroatoms. The fraction of sp³-hybridized carbons (Fsp3) is 0.396. The minimum Gasteiger partial charge on any atom is -0.748 e. The van der Waals surface area contributed by atoms with Crippen LogP contribution in [0, 0.1) is 0 Å². The summed E-state index contributed by atoms with van der Waals surface area (Å²) in [6.45, 7) is -0.0389. The van der Waals surface area contributed by atoms with Crippen LogP contribution in [0.2, 0.25) is 0 Å². The number of hydrogen-bond acceptors (Lipinski definition) is 37. The Bertz CT molecular complexity index is 6110. The number of methoxy groups -OCH3 is 21. The molecule has 3 aliphatic rings. The highest BCUT2D eigenvalue weighted by molar-refractivity contribution is 15.0. The molecule has 794 valence electrons. The molecule has 0 aromatic heterocycles. The van der Waals surface area contributed by atoms with Crippen LogP contribution in [-0.2, 0) is 78.1 Å². The van der Waals surface area contributed by atoms with Gasteiger partial charge in [0.15, 0.2) is 6.54 Å². The van der Waals surface area contributed by atoms with E-state index in [1.165, 1.54) is 92.4 Å². The molecule has 0 heterocycles. The maximum Gasteiger partial charge on any atom is 0.358 e. The van der Waals surface area contributed by atoms with Gasteiger partial charge in [0, 0.05) is 197 Å². The van der Waals surface area contributed by atoms with Crippen molar-refractivity contribution in [2.45, 2.75) is 12.8 Å². The Morgan fingerprint density at radius 3 is 0.750 bits per heavy atom. The number of allylic oxidation sites excluding steroid dienone is 7. The molecular weight excluding hydrogens is 2310 g/mol. The number of halogens is 3. The highest BCUT2D eigenvalue weighted by Gasteiger charge is 2.41. The van der Waals surface area contributed by atoms with Crippen LogP contribution in [-0.4, -0.2) is 337 Å². The molecule has 0 amide bonds. The summed E-state index contributed by atoms with van der Waals surface area (Å²) in [5.41, 5.74) is 7.95. The van der Waals surface area contributed by atoms with Crippen molar-refractivity contribution in [3.05, 3.63) is 194 Å². The Morgan fingerprint density at radius 1 is 0.326 bits per heavy atom. The monoisotopic (exact) mass is 2430 g/mol. The number of aliphatic carboxylic acids is 1. The molecule has 6 aromatic rings. The third kappa shape index (κ3) is 31.8. The maximum atomic E-state index is 11.5. The average Bonchev–Trinajstić information content (AvgIpc) is 0.744. The summed E-state index contributed by atoms with van der Waals surface area (Å²) in [7, 11) is 23.3. The van der Waals surface area contributed by atoms with E-state index in [1.54, 1.807) is 228 Å². The fourth-order valence-electron chi connectivity index (χ4n) is 15.1. The molecule has 0 saturated carbocycles. The molecule has 9 rings (SSSR count). The second kappa shape index (κ2) is 56.8. The molecule has 0 atom stereocenters. The molecule has 0 radical (unpaired) electrons. The van der Waals surface area contributed by atoms with Crippen molar-refractivity contribution in [3.63, 3.8) is 0 Å². The van der Waals surface area contributed by atoms with Gasteiger partial charge in [-0.05, 0) is 0 Å². The van der Waals surface area contributed by atoms with Crippen molar-refractivity contribution in [1.82, 2.24) is 0 Å². The summed E-state index contributed by atoms with van der Waals surface area (Å²) in [6.07, 6.45) is 10.7. The number of carbonyl (C=O) groups is 1. The Balaban J connectivity index is 0.000000382. The molecule has 144 heavy (non-hydrogen) atoms. The first kappa shape index (κ1) is 123. The van der Waals surface area contributed by atoms with Crippen LogP contribution in [0.4, 0.5) is 17.1 Å². The summed E-state index contributed by atoms with van der Waals surface area (Å²) < 4.78 is 269. The van der Waals surface area contributed by atoms with Gasteiger partial charge in [0.2, 0.25) is 11.4 Å². The number of carboxylic acids is 1. The first-order chi connectivity index (χ1) is 67.8. The maximum absolute atomic E-state index is 11.5. The number of ketones is 1. The molecule has 0 bridgehead atoms. The Kier molecular flexibility index (Phi) is 48.5. The van der Waals surface area contributed by atoms with E-state index in [0.717, 1.165) is 0 Å². The van der Waals surface area contributed by atoms with E-state index in [2.05, 4.69) is 37.2 Å². The van der Waals surface area contributed by atoms with E-state index in [4.69, 9.17) is 104 Å². The van der Waals surface area contributed by atoms with E-state index >= 15 is 0 Å². The molecular formula is C96H123I3N5O36S4-. The normalized spacial score (nSPS) is 13.1. The third-order valence-corrected chi connectivity index (χ3v) is 25.1. The van der Waals surface area contributed by atoms with Crippen LogP contribution in [0.25, 0.3) is 16.7 Å². The van der Waals surface area contributed by atoms with E-state index in [-0.39, 0.29) is 103 Å². The minimum absolute atomic E-state index is 0. The summed E-state index contributed by atoms with van der Waals surface area (Å²) in [4.78, 5) is 15.9.